The first-order chi connectivity index (χ1) is 19.8. The fourth-order valence-corrected chi connectivity index (χ4v) is 5.49. The van der Waals surface area contributed by atoms with Gasteiger partial charge in [-0.2, -0.15) is 13.2 Å². The Kier molecular flexibility index (Phi) is 9.33. The van der Waals surface area contributed by atoms with Crippen LogP contribution in [0.4, 0.5) is 19.0 Å². The number of piperidine rings is 1. The van der Waals surface area contributed by atoms with E-state index in [1.807, 2.05) is 45.0 Å². The molecule has 3 atom stereocenters. The number of anilines is 1. The van der Waals surface area contributed by atoms with E-state index in [1.54, 1.807) is 49.5 Å². The molecule has 0 aliphatic carbocycles. The lowest BCUT2D eigenvalue weighted by molar-refractivity contribution is -0.170. The molecule has 4 rings (SSSR count). The number of aromatic nitrogens is 1. The highest BCUT2D eigenvalue weighted by Crippen LogP contribution is 2.35. The molecule has 0 bridgehead atoms. The molecule has 1 aliphatic heterocycles. The van der Waals surface area contributed by atoms with Crippen LogP contribution in [0.15, 0.2) is 66.9 Å². The largest absolute Gasteiger partial charge is 0.406 e. The van der Waals surface area contributed by atoms with Gasteiger partial charge in [0, 0.05) is 23.7 Å². The second-order valence-electron chi connectivity index (χ2n) is 11.1. The molecule has 3 aromatic rings. The van der Waals surface area contributed by atoms with Gasteiger partial charge in [-0.25, -0.2) is 4.98 Å². The first-order valence-electron chi connectivity index (χ1n) is 13.9. The predicted molar refractivity (Wildman–Crippen MR) is 154 cm³/mol. The van der Waals surface area contributed by atoms with E-state index in [2.05, 4.69) is 15.6 Å². The van der Waals surface area contributed by atoms with E-state index in [1.165, 1.54) is 0 Å². The van der Waals surface area contributed by atoms with E-state index < -0.39 is 42.5 Å². The number of pyridine rings is 1. The van der Waals surface area contributed by atoms with Crippen LogP contribution in [0.1, 0.15) is 71.6 Å². The number of halogens is 3. The van der Waals surface area contributed by atoms with Crippen molar-refractivity contribution in [3.8, 4) is 0 Å². The van der Waals surface area contributed by atoms with E-state index in [0.717, 1.165) is 21.6 Å². The molecule has 7 nitrogen and oxygen atoms in total. The number of nitrogens with one attached hydrogen (secondary N) is 2. The molecule has 1 aromatic heterocycles. The summed E-state index contributed by atoms with van der Waals surface area (Å²) in [4.78, 5) is 44.6. The van der Waals surface area contributed by atoms with Gasteiger partial charge < -0.3 is 15.5 Å². The molecule has 0 saturated carbocycles. The van der Waals surface area contributed by atoms with Gasteiger partial charge in [-0.05, 0) is 66.6 Å². The van der Waals surface area contributed by atoms with Gasteiger partial charge in [-0.3, -0.25) is 14.4 Å². The molecule has 2 unspecified atom stereocenters. The molecule has 1 fully saturated rings. The van der Waals surface area contributed by atoms with E-state index >= 15 is 0 Å². The molecule has 2 aromatic carbocycles. The Morgan fingerprint density at radius 2 is 1.79 bits per heavy atom. The van der Waals surface area contributed by atoms with Crippen LogP contribution in [0.3, 0.4) is 0 Å². The lowest BCUT2D eigenvalue weighted by atomic mass is 9.81. The second-order valence-corrected chi connectivity index (χ2v) is 11.1. The monoisotopic (exact) mass is 580 g/mol. The fraction of sp³-hybridized carbons (Fsp3) is 0.375. The van der Waals surface area contributed by atoms with Gasteiger partial charge in [0.25, 0.3) is 5.91 Å². The maximum Gasteiger partial charge on any atom is 0.406 e. The second kappa shape index (κ2) is 12.8. The van der Waals surface area contributed by atoms with Crippen LogP contribution >= 0.6 is 0 Å². The Balaban J connectivity index is 1.57. The first-order valence-corrected chi connectivity index (χ1v) is 13.9. The number of carbonyl (C=O) groups is 3. The van der Waals surface area contributed by atoms with Crippen LogP contribution in [-0.2, 0) is 16.0 Å². The Hall–Kier alpha value is -4.21. The Bertz CT molecular complexity index is 1440. The lowest BCUT2D eigenvalue weighted by Crippen LogP contribution is -2.59. The quantitative estimate of drug-likeness (QED) is 0.355. The summed E-state index contributed by atoms with van der Waals surface area (Å²) in [7, 11) is 0. The van der Waals surface area contributed by atoms with Crippen molar-refractivity contribution in [3.63, 3.8) is 0 Å². The van der Waals surface area contributed by atoms with Crippen molar-refractivity contribution >= 4 is 23.5 Å². The minimum Gasteiger partial charge on any atom is -0.340 e. The van der Waals surface area contributed by atoms with Crippen molar-refractivity contribution in [1.82, 2.24) is 15.2 Å². The predicted octanol–water partition coefficient (Wildman–Crippen LogP) is 5.76. The molecule has 0 radical (unpaired) electrons. The van der Waals surface area contributed by atoms with E-state index in [0.29, 0.717) is 11.4 Å². The summed E-state index contributed by atoms with van der Waals surface area (Å²) in [6.07, 6.45) is -2.86. The number of benzene rings is 2. The van der Waals surface area contributed by atoms with Crippen molar-refractivity contribution in [2.75, 3.05) is 11.9 Å². The first kappa shape index (κ1) is 30.7. The third-order valence-electron chi connectivity index (χ3n) is 7.67. The summed E-state index contributed by atoms with van der Waals surface area (Å²) in [5.74, 6) is -1.58. The smallest absolute Gasteiger partial charge is 0.340 e. The normalized spacial score (nSPS) is 19.1. The third-order valence-corrected chi connectivity index (χ3v) is 7.67. The molecule has 1 aliphatic rings. The number of nitrogens with zero attached hydrogens (tertiary/aromatic N) is 2. The van der Waals surface area contributed by atoms with Crippen molar-refractivity contribution in [2.45, 2.75) is 70.6 Å². The summed E-state index contributed by atoms with van der Waals surface area (Å²) in [6, 6.07) is 15.7. The Labute approximate surface area is 243 Å². The van der Waals surface area contributed by atoms with Crippen LogP contribution in [-0.4, -0.2) is 52.4 Å². The van der Waals surface area contributed by atoms with Crippen molar-refractivity contribution in [3.05, 3.63) is 94.7 Å². The summed E-state index contributed by atoms with van der Waals surface area (Å²) in [5.41, 5.74) is 3.32. The number of rotatable bonds is 8. The van der Waals surface area contributed by atoms with Gasteiger partial charge in [0.2, 0.25) is 11.8 Å². The molecular formula is C32H35F3N4O3. The summed E-state index contributed by atoms with van der Waals surface area (Å²) < 4.78 is 40.4. The average Bonchev–Trinajstić information content (AvgIpc) is 2.93. The number of alkyl halides is 3. The van der Waals surface area contributed by atoms with Crippen LogP contribution in [0.2, 0.25) is 0 Å². The van der Waals surface area contributed by atoms with Crippen molar-refractivity contribution < 1.29 is 27.6 Å². The van der Waals surface area contributed by atoms with Gasteiger partial charge >= 0.3 is 6.18 Å². The summed E-state index contributed by atoms with van der Waals surface area (Å²) >= 11 is 0. The van der Waals surface area contributed by atoms with E-state index in [9.17, 15) is 27.6 Å². The number of amides is 3. The zero-order valence-corrected chi connectivity index (χ0v) is 24.0. The van der Waals surface area contributed by atoms with Gasteiger partial charge in [0.15, 0.2) is 0 Å². The number of hydrogen-bond acceptors (Lipinski definition) is 4. The van der Waals surface area contributed by atoms with Crippen molar-refractivity contribution in [1.29, 1.82) is 0 Å². The molecule has 0 spiro atoms. The lowest BCUT2D eigenvalue weighted by Gasteiger charge is -2.43. The van der Waals surface area contributed by atoms with Crippen LogP contribution < -0.4 is 10.6 Å². The molecule has 222 valence electrons. The molecule has 1 saturated heterocycles. The minimum atomic E-state index is -4.59. The average molecular weight is 581 g/mol. The molecule has 2 N–H and O–H groups in total. The highest BCUT2D eigenvalue weighted by Gasteiger charge is 2.45. The number of aryl methyl sites for hydroxylation is 1. The SMILES string of the molecule is Cc1cccnc1NC(=O)Cc1cc(C(=O)N[C@H]2CC(c3ccccc3)C(C)N(CC(F)(F)F)C2=O)ccc1C(C)C. The maximum atomic E-state index is 13.5. The molecule has 42 heavy (non-hydrogen) atoms. The maximum absolute atomic E-state index is 13.5. The third kappa shape index (κ3) is 7.35. The fourth-order valence-electron chi connectivity index (χ4n) is 5.49. The zero-order chi connectivity index (χ0) is 30.6. The Morgan fingerprint density at radius 1 is 1.07 bits per heavy atom. The van der Waals surface area contributed by atoms with Gasteiger partial charge in [-0.1, -0.05) is 56.3 Å². The van der Waals surface area contributed by atoms with Gasteiger partial charge in [0.05, 0.1) is 6.42 Å². The standard InChI is InChI=1S/C32H35F3N4O3/c1-19(2)25-13-12-23(15-24(25)16-28(40)38-29-20(3)9-8-14-36-29)30(41)37-27-17-26(22-10-6-5-7-11-22)21(4)39(31(27)42)18-32(33,34)35/h5-15,19,21,26-27H,16-18H2,1-4H3,(H,37,41)(H,36,38,40)/t21?,26?,27-/m0/s1. The number of hydrogen-bond donors (Lipinski definition) is 2. The molecule has 3 amide bonds. The molecule has 10 heteroatoms. The van der Waals surface area contributed by atoms with Gasteiger partial charge in [0.1, 0.15) is 18.4 Å². The minimum absolute atomic E-state index is 0.0139. The van der Waals surface area contributed by atoms with E-state index in [4.69, 9.17) is 0 Å². The van der Waals surface area contributed by atoms with Gasteiger partial charge in [-0.15, -0.1) is 0 Å². The topological polar surface area (TPSA) is 91.4 Å². The zero-order valence-electron chi connectivity index (χ0n) is 24.0. The highest BCUT2D eigenvalue weighted by atomic mass is 19.4. The van der Waals surface area contributed by atoms with Crippen molar-refractivity contribution in [2.24, 2.45) is 0 Å². The molecule has 2 heterocycles. The van der Waals surface area contributed by atoms with Crippen LogP contribution in [0.5, 0.6) is 0 Å². The van der Waals surface area contributed by atoms with Crippen LogP contribution in [0.25, 0.3) is 0 Å². The summed E-state index contributed by atoms with van der Waals surface area (Å²) in [6.45, 7) is 5.98. The molecular weight excluding hydrogens is 545 g/mol. The summed E-state index contributed by atoms with van der Waals surface area (Å²) in [5, 5.41) is 5.49. The number of carbonyl (C=O) groups excluding carboxylic acids is 3. The highest BCUT2D eigenvalue weighted by molar-refractivity contribution is 5.99. The van der Waals surface area contributed by atoms with Crippen LogP contribution in [0, 0.1) is 6.92 Å². The van der Waals surface area contributed by atoms with E-state index in [-0.39, 0.29) is 30.2 Å². The Morgan fingerprint density at radius 3 is 2.43 bits per heavy atom. The number of likely N-dealkylation sites (tertiary alicyclic amines) is 1.